The Labute approximate surface area is 145 Å². The van der Waals surface area contributed by atoms with Crippen molar-refractivity contribution >= 4 is 11.3 Å². The van der Waals surface area contributed by atoms with Gasteiger partial charge in [0.15, 0.2) is 0 Å². The monoisotopic (exact) mass is 340 g/mol. The molecule has 0 N–H and O–H groups in total. The molecule has 0 bridgehead atoms. The minimum Gasteiger partial charge on any atom is -0.369 e. The average Bonchev–Trinajstić information content (AvgIpc) is 3.23. The molecule has 0 fully saturated rings. The lowest BCUT2D eigenvalue weighted by molar-refractivity contribution is 0.00594. The number of rotatable bonds is 5. The molecule has 0 radical (unpaired) electrons. The predicted molar refractivity (Wildman–Crippen MR) is 93.5 cm³/mol. The lowest BCUT2D eigenvalue weighted by Crippen LogP contribution is -2.32. The summed E-state index contributed by atoms with van der Waals surface area (Å²) >= 11 is 1.80. The number of ether oxygens (including phenoxy) is 1. The van der Waals surface area contributed by atoms with Gasteiger partial charge < -0.3 is 4.74 Å². The van der Waals surface area contributed by atoms with Crippen LogP contribution < -0.4 is 0 Å². The highest BCUT2D eigenvalue weighted by Gasteiger charge is 2.23. The van der Waals surface area contributed by atoms with Gasteiger partial charge in [-0.2, -0.15) is 5.10 Å². The molecule has 1 aliphatic rings. The van der Waals surface area contributed by atoms with E-state index in [2.05, 4.69) is 43.2 Å². The Morgan fingerprint density at radius 3 is 2.96 bits per heavy atom. The van der Waals surface area contributed by atoms with Crippen LogP contribution in [0.5, 0.6) is 0 Å². The Morgan fingerprint density at radius 1 is 1.12 bits per heavy atom. The van der Waals surface area contributed by atoms with Gasteiger partial charge in [0.05, 0.1) is 30.6 Å². The molecule has 124 valence electrons. The molecule has 0 unspecified atom stereocenters. The number of hydrogen-bond acceptors (Lipinski definition) is 5. The van der Waals surface area contributed by atoms with Gasteiger partial charge >= 0.3 is 0 Å². The summed E-state index contributed by atoms with van der Waals surface area (Å²) in [6, 6.07) is 12.3. The van der Waals surface area contributed by atoms with Crippen molar-refractivity contribution in [2.45, 2.75) is 32.3 Å². The molecule has 4 rings (SSSR count). The first-order chi connectivity index (χ1) is 11.9. The molecule has 1 aliphatic heterocycles. The van der Waals surface area contributed by atoms with Crippen molar-refractivity contribution in [1.82, 2.24) is 19.7 Å². The Balaban J connectivity index is 1.46. The topological polar surface area (TPSA) is 43.2 Å². The Bertz CT molecular complexity index is 756. The maximum atomic E-state index is 6.16. The van der Waals surface area contributed by atoms with Gasteiger partial charge in [-0.1, -0.05) is 12.1 Å². The molecule has 5 nitrogen and oxygen atoms in total. The highest BCUT2D eigenvalue weighted by molar-refractivity contribution is 7.09. The van der Waals surface area contributed by atoms with Crippen LogP contribution in [-0.2, 0) is 31.0 Å². The van der Waals surface area contributed by atoms with Gasteiger partial charge in [0, 0.05) is 36.9 Å². The first-order valence-corrected chi connectivity index (χ1v) is 9.02. The zero-order chi connectivity index (χ0) is 16.2. The van der Waals surface area contributed by atoms with Crippen LogP contribution in [0, 0.1) is 0 Å². The summed E-state index contributed by atoms with van der Waals surface area (Å²) in [6.07, 6.45) is 3.79. The van der Waals surface area contributed by atoms with Gasteiger partial charge in [-0.25, -0.2) is 0 Å². The normalized spacial score (nSPS) is 18.2. The van der Waals surface area contributed by atoms with Gasteiger partial charge in [0.25, 0.3) is 0 Å². The summed E-state index contributed by atoms with van der Waals surface area (Å²) in [4.78, 5) is 8.16. The molecule has 0 aromatic carbocycles. The molecule has 0 saturated carbocycles. The third-order valence-electron chi connectivity index (χ3n) is 4.18. The van der Waals surface area contributed by atoms with Crippen molar-refractivity contribution in [2.24, 2.45) is 0 Å². The number of aromatic nitrogens is 3. The van der Waals surface area contributed by atoms with Crippen LogP contribution in [0.25, 0.3) is 0 Å². The second-order valence-corrected chi connectivity index (χ2v) is 7.04. The van der Waals surface area contributed by atoms with E-state index < -0.39 is 0 Å². The molecule has 24 heavy (non-hydrogen) atoms. The Morgan fingerprint density at radius 2 is 2.12 bits per heavy atom. The van der Waals surface area contributed by atoms with E-state index in [0.717, 1.165) is 31.9 Å². The van der Waals surface area contributed by atoms with Gasteiger partial charge in [-0.15, -0.1) is 11.3 Å². The lowest BCUT2D eigenvalue weighted by Gasteiger charge is -2.23. The van der Waals surface area contributed by atoms with E-state index in [1.165, 1.54) is 10.6 Å². The van der Waals surface area contributed by atoms with Crippen LogP contribution in [0.2, 0.25) is 0 Å². The van der Waals surface area contributed by atoms with Crippen LogP contribution in [0.4, 0.5) is 0 Å². The van der Waals surface area contributed by atoms with Crippen molar-refractivity contribution in [3.63, 3.8) is 0 Å². The second-order valence-electron chi connectivity index (χ2n) is 6.01. The Hall–Kier alpha value is -2.02. The molecular formula is C18H20N4OS. The fourth-order valence-corrected chi connectivity index (χ4v) is 3.77. The van der Waals surface area contributed by atoms with Crippen LogP contribution in [0.15, 0.2) is 54.2 Å². The molecule has 6 heteroatoms. The van der Waals surface area contributed by atoms with Gasteiger partial charge in [0.1, 0.15) is 0 Å². The maximum Gasteiger partial charge on any atom is 0.0903 e. The molecule has 0 saturated heterocycles. The Kier molecular flexibility index (Phi) is 4.69. The number of pyridine rings is 1. The minimum atomic E-state index is 0.105. The third-order valence-corrected chi connectivity index (χ3v) is 5.04. The SMILES string of the molecule is c1ccc(CO[C@@H]2CN(Cc3cccs3)Cc3ccnn3C2)nc1. The van der Waals surface area contributed by atoms with Crippen molar-refractivity contribution in [3.8, 4) is 0 Å². The van der Waals surface area contributed by atoms with Crippen molar-refractivity contribution < 1.29 is 4.74 Å². The molecular weight excluding hydrogens is 320 g/mol. The largest absolute Gasteiger partial charge is 0.369 e. The standard InChI is InChI=1S/C18H20N4OS/c1-2-7-19-15(4-1)14-23-17-11-21(13-18-5-3-9-24-18)10-16-6-8-20-22(16)12-17/h1-9,17H,10-14H2/t17-/m1/s1. The van der Waals surface area contributed by atoms with E-state index >= 15 is 0 Å². The molecule has 4 heterocycles. The van der Waals surface area contributed by atoms with Crippen LogP contribution in [0.1, 0.15) is 16.3 Å². The minimum absolute atomic E-state index is 0.105. The summed E-state index contributed by atoms with van der Waals surface area (Å²) in [5.74, 6) is 0. The van der Waals surface area contributed by atoms with Crippen LogP contribution >= 0.6 is 11.3 Å². The first-order valence-electron chi connectivity index (χ1n) is 8.14. The number of fused-ring (bicyclic) bond motifs is 1. The molecule has 0 amide bonds. The molecule has 1 atom stereocenters. The summed E-state index contributed by atoms with van der Waals surface area (Å²) in [6.45, 7) is 4.08. The first kappa shape index (κ1) is 15.5. The van der Waals surface area contributed by atoms with Crippen molar-refractivity contribution in [2.75, 3.05) is 6.54 Å². The van der Waals surface area contributed by atoms with E-state index in [9.17, 15) is 0 Å². The second kappa shape index (κ2) is 7.25. The zero-order valence-electron chi connectivity index (χ0n) is 13.4. The van der Waals surface area contributed by atoms with Crippen LogP contribution in [-0.4, -0.2) is 32.3 Å². The summed E-state index contributed by atoms with van der Waals surface area (Å²) in [7, 11) is 0. The number of thiophene rings is 1. The van der Waals surface area contributed by atoms with E-state index in [-0.39, 0.29) is 6.10 Å². The van der Waals surface area contributed by atoms with E-state index in [1.807, 2.05) is 24.4 Å². The number of hydrogen-bond donors (Lipinski definition) is 0. The lowest BCUT2D eigenvalue weighted by atomic mass is 10.3. The molecule has 0 aliphatic carbocycles. The van der Waals surface area contributed by atoms with Gasteiger partial charge in [0.2, 0.25) is 0 Å². The molecule has 0 spiro atoms. The highest BCUT2D eigenvalue weighted by atomic mass is 32.1. The highest BCUT2D eigenvalue weighted by Crippen LogP contribution is 2.19. The van der Waals surface area contributed by atoms with Crippen molar-refractivity contribution in [3.05, 3.63) is 70.4 Å². The molecule has 3 aromatic heterocycles. The van der Waals surface area contributed by atoms with E-state index in [0.29, 0.717) is 6.61 Å². The fourth-order valence-electron chi connectivity index (χ4n) is 3.03. The number of nitrogens with zero attached hydrogens (tertiary/aromatic N) is 4. The predicted octanol–water partition coefficient (Wildman–Crippen LogP) is 2.94. The molecule has 3 aromatic rings. The average molecular weight is 340 g/mol. The smallest absolute Gasteiger partial charge is 0.0903 e. The maximum absolute atomic E-state index is 6.16. The summed E-state index contributed by atoms with van der Waals surface area (Å²) in [5, 5.41) is 6.58. The van der Waals surface area contributed by atoms with E-state index in [1.54, 1.807) is 17.5 Å². The van der Waals surface area contributed by atoms with Crippen molar-refractivity contribution in [1.29, 1.82) is 0 Å². The quantitative estimate of drug-likeness (QED) is 0.716. The van der Waals surface area contributed by atoms with E-state index in [4.69, 9.17) is 4.74 Å². The summed E-state index contributed by atoms with van der Waals surface area (Å²) in [5.41, 5.74) is 2.21. The van der Waals surface area contributed by atoms with Gasteiger partial charge in [-0.3, -0.25) is 14.6 Å². The zero-order valence-corrected chi connectivity index (χ0v) is 14.2. The van der Waals surface area contributed by atoms with Crippen LogP contribution in [0.3, 0.4) is 0 Å². The third kappa shape index (κ3) is 3.72. The fraction of sp³-hybridized carbons (Fsp3) is 0.333. The van der Waals surface area contributed by atoms with Gasteiger partial charge in [-0.05, 0) is 29.6 Å². The summed E-state index contributed by atoms with van der Waals surface area (Å²) < 4.78 is 8.23.